The first kappa shape index (κ1) is 82.3. The molecule has 0 spiro atoms. The van der Waals surface area contributed by atoms with Crippen molar-refractivity contribution in [2.75, 3.05) is 13.2 Å². The van der Waals surface area contributed by atoms with Gasteiger partial charge in [0, 0.05) is 6.42 Å². The summed E-state index contributed by atoms with van der Waals surface area (Å²) in [5.41, 5.74) is 0. The molecule has 1 saturated heterocycles. The van der Waals surface area contributed by atoms with Crippen LogP contribution in [-0.2, 0) is 23.8 Å². The second kappa shape index (κ2) is 63.5. The molecule has 1 aliphatic heterocycles. The maximum absolute atomic E-state index is 13.5. The van der Waals surface area contributed by atoms with Gasteiger partial charge in [-0.05, 0) is 116 Å². The van der Waals surface area contributed by atoms with Gasteiger partial charge < -0.3 is 45.1 Å². The van der Waals surface area contributed by atoms with E-state index in [2.05, 4.69) is 123 Å². The van der Waals surface area contributed by atoms with E-state index in [1.165, 1.54) is 128 Å². The van der Waals surface area contributed by atoms with Crippen LogP contribution in [0.1, 0.15) is 303 Å². The molecule has 8 atom stereocenters. The number of allylic oxidation sites excluding steroid dienone is 17. The fourth-order valence-corrected chi connectivity index (χ4v) is 10.7. The van der Waals surface area contributed by atoms with Crippen molar-refractivity contribution in [3.63, 3.8) is 0 Å². The minimum absolute atomic E-state index is 0.106. The van der Waals surface area contributed by atoms with E-state index in [-0.39, 0.29) is 19.4 Å². The summed E-state index contributed by atoms with van der Waals surface area (Å²) in [6.07, 6.45) is 76.8. The number of unbranched alkanes of at least 4 members (excludes halogenated alkanes) is 31. The summed E-state index contributed by atoms with van der Waals surface area (Å²) in [6.45, 7) is 5.74. The summed E-state index contributed by atoms with van der Waals surface area (Å²) in [7, 11) is 0. The molecule has 0 aliphatic carbocycles. The van der Waals surface area contributed by atoms with Crippen molar-refractivity contribution in [3.8, 4) is 0 Å². The third-order valence-corrected chi connectivity index (χ3v) is 16.4. The molecule has 1 fully saturated rings. The first-order chi connectivity index (χ1) is 43.2. The number of amides is 1. The lowest BCUT2D eigenvalue weighted by Crippen LogP contribution is -2.61. The maximum Gasteiger partial charge on any atom is 0.306 e. The van der Waals surface area contributed by atoms with E-state index in [4.69, 9.17) is 14.2 Å². The Morgan fingerprint density at radius 2 is 0.784 bits per heavy atom. The van der Waals surface area contributed by atoms with Crippen molar-refractivity contribution < 1.29 is 49.3 Å². The third-order valence-electron chi connectivity index (χ3n) is 16.4. The van der Waals surface area contributed by atoms with Crippen molar-refractivity contribution in [1.29, 1.82) is 0 Å². The smallest absolute Gasteiger partial charge is 0.306 e. The van der Waals surface area contributed by atoms with Crippen molar-refractivity contribution in [2.24, 2.45) is 0 Å². The zero-order chi connectivity index (χ0) is 63.9. The Hall–Kier alpha value is -3.68. The monoisotopic (exact) mass is 1230 g/mol. The van der Waals surface area contributed by atoms with E-state index in [1.54, 1.807) is 6.08 Å². The molecule has 1 amide bonds. The fourth-order valence-electron chi connectivity index (χ4n) is 10.7. The molecule has 506 valence electrons. The topological polar surface area (TPSA) is 175 Å². The molecule has 88 heavy (non-hydrogen) atoms. The highest BCUT2D eigenvalue weighted by Crippen LogP contribution is 2.26. The van der Waals surface area contributed by atoms with Gasteiger partial charge in [0.25, 0.3) is 0 Å². The summed E-state index contributed by atoms with van der Waals surface area (Å²) < 4.78 is 17.7. The van der Waals surface area contributed by atoms with Gasteiger partial charge >= 0.3 is 5.97 Å². The normalized spacial score (nSPS) is 18.8. The van der Waals surface area contributed by atoms with E-state index < -0.39 is 67.4 Å². The van der Waals surface area contributed by atoms with Gasteiger partial charge in [-0.3, -0.25) is 9.59 Å². The van der Waals surface area contributed by atoms with E-state index in [0.717, 1.165) is 128 Å². The van der Waals surface area contributed by atoms with Crippen LogP contribution >= 0.6 is 0 Å². The SMILES string of the molecule is CCCCC/C=C\C/C=C\C/C=C\C/C=C\CCCCCCCCCCC(O)C(=O)NC(COC1OC(CO)C(O)C(O)C1OC(=O)CCCCCCCCC/C=C\C/C=C\C/C=C\C/C=C\CCCCC)C(O)/C=C/CCCCCCCCCCCC. The molecule has 6 N–H and O–H groups in total. The zero-order valence-electron chi connectivity index (χ0n) is 56.3. The maximum atomic E-state index is 13.5. The average Bonchev–Trinajstić information content (AvgIpc) is 3.72. The molecule has 0 saturated carbocycles. The highest BCUT2D eigenvalue weighted by molar-refractivity contribution is 5.80. The summed E-state index contributed by atoms with van der Waals surface area (Å²) in [5, 5.41) is 57.3. The quantitative estimate of drug-likeness (QED) is 0.0195. The van der Waals surface area contributed by atoms with Gasteiger partial charge in [-0.25, -0.2) is 0 Å². The van der Waals surface area contributed by atoms with E-state index >= 15 is 0 Å². The highest BCUT2D eigenvalue weighted by Gasteiger charge is 2.47. The van der Waals surface area contributed by atoms with Gasteiger partial charge in [0.05, 0.1) is 25.4 Å². The van der Waals surface area contributed by atoms with Crippen LogP contribution in [0.4, 0.5) is 0 Å². The van der Waals surface area contributed by atoms with Crippen molar-refractivity contribution >= 4 is 11.9 Å². The van der Waals surface area contributed by atoms with Crippen molar-refractivity contribution in [1.82, 2.24) is 5.32 Å². The Morgan fingerprint density at radius 3 is 1.19 bits per heavy atom. The van der Waals surface area contributed by atoms with Crippen LogP contribution in [0.5, 0.6) is 0 Å². The number of hydrogen-bond donors (Lipinski definition) is 6. The van der Waals surface area contributed by atoms with Crippen LogP contribution in [0, 0.1) is 0 Å². The van der Waals surface area contributed by atoms with Gasteiger partial charge in [-0.2, -0.15) is 0 Å². The summed E-state index contributed by atoms with van der Waals surface area (Å²) >= 11 is 0. The molecule has 0 radical (unpaired) electrons. The van der Waals surface area contributed by atoms with Crippen molar-refractivity contribution in [2.45, 2.75) is 352 Å². The standard InChI is InChI=1S/C77H133NO10/c1-4-7-10-13-16-19-22-25-27-29-31-33-35-37-38-40-42-44-46-49-52-55-58-61-64-70(81)76(85)78-68(69(80)63-60-57-54-51-48-24-21-18-15-12-9-6-3)67-86-77-75(74(84)73(83)71(66-79)87-77)88-72(82)65-62-59-56-53-50-47-45-43-41-39-36-34-32-30-28-26-23-20-17-14-11-8-5-2/h16-17,19-20,25-28,31-34,37-39,41,60,63,68-71,73-75,77,79-81,83-84H,4-15,18,21-24,29-30,35-36,40,42-59,61-62,64-67H2,1-3H3,(H,78,85)/b19-16-,20-17-,27-25-,28-26-,33-31-,34-32-,38-37-,41-39-,63-60+. The number of esters is 1. The first-order valence-corrected chi connectivity index (χ1v) is 36.2. The predicted octanol–water partition coefficient (Wildman–Crippen LogP) is 18.8. The van der Waals surface area contributed by atoms with Crippen LogP contribution < -0.4 is 5.32 Å². The Labute approximate surface area is 538 Å². The van der Waals surface area contributed by atoms with E-state index in [0.29, 0.717) is 12.8 Å². The third kappa shape index (κ3) is 50.0. The summed E-state index contributed by atoms with van der Waals surface area (Å²) in [4.78, 5) is 26.7. The number of ether oxygens (including phenoxy) is 3. The van der Waals surface area contributed by atoms with Crippen LogP contribution in [-0.4, -0.2) is 99.6 Å². The lowest BCUT2D eigenvalue weighted by molar-refractivity contribution is -0.305. The zero-order valence-corrected chi connectivity index (χ0v) is 56.3. The molecule has 0 bridgehead atoms. The minimum atomic E-state index is -1.63. The van der Waals surface area contributed by atoms with Crippen LogP contribution in [0.2, 0.25) is 0 Å². The molecule has 1 aliphatic rings. The molecule has 11 nitrogen and oxygen atoms in total. The second-order valence-electron chi connectivity index (χ2n) is 24.6. The molecule has 11 heteroatoms. The average molecular weight is 1230 g/mol. The molecular formula is C77H133NO10. The Kier molecular flexibility index (Phi) is 59.4. The highest BCUT2D eigenvalue weighted by atomic mass is 16.7. The van der Waals surface area contributed by atoms with E-state index in [1.807, 2.05) is 6.08 Å². The Bertz CT molecular complexity index is 1850. The number of aliphatic hydroxyl groups is 5. The van der Waals surface area contributed by atoms with E-state index in [9.17, 15) is 35.1 Å². The first-order valence-electron chi connectivity index (χ1n) is 36.2. The molecular weight excluding hydrogens is 1100 g/mol. The lowest BCUT2D eigenvalue weighted by Gasteiger charge is -2.41. The van der Waals surface area contributed by atoms with Crippen LogP contribution in [0.15, 0.2) is 109 Å². The molecule has 0 aromatic heterocycles. The Morgan fingerprint density at radius 1 is 0.443 bits per heavy atom. The molecule has 0 aromatic carbocycles. The van der Waals surface area contributed by atoms with Gasteiger partial charge in [0.15, 0.2) is 12.4 Å². The van der Waals surface area contributed by atoms with Gasteiger partial charge in [-0.1, -0.05) is 291 Å². The predicted molar refractivity (Wildman–Crippen MR) is 370 cm³/mol. The number of rotatable bonds is 61. The van der Waals surface area contributed by atoms with Crippen molar-refractivity contribution in [3.05, 3.63) is 109 Å². The molecule has 1 rings (SSSR count). The number of nitrogens with one attached hydrogen (secondary N) is 1. The van der Waals surface area contributed by atoms with Gasteiger partial charge in [0.2, 0.25) is 5.91 Å². The fraction of sp³-hybridized carbons (Fsp3) is 0.740. The summed E-state index contributed by atoms with van der Waals surface area (Å²) in [6, 6.07) is -1.04. The lowest BCUT2D eigenvalue weighted by atomic mass is 9.99. The summed E-state index contributed by atoms with van der Waals surface area (Å²) in [5.74, 6) is -1.21. The molecule has 0 aromatic rings. The van der Waals surface area contributed by atoms with Gasteiger partial charge in [0.1, 0.15) is 24.4 Å². The number of aliphatic hydroxyl groups excluding tert-OH is 5. The van der Waals surface area contributed by atoms with Crippen LogP contribution in [0.25, 0.3) is 0 Å². The minimum Gasteiger partial charge on any atom is -0.454 e. The largest absolute Gasteiger partial charge is 0.454 e. The number of carbonyl (C=O) groups excluding carboxylic acids is 2. The number of carbonyl (C=O) groups is 2. The molecule has 1 heterocycles. The number of hydrogen-bond acceptors (Lipinski definition) is 10. The molecule has 8 unspecified atom stereocenters. The Balaban J connectivity index is 2.60. The second-order valence-corrected chi connectivity index (χ2v) is 24.6. The van der Waals surface area contributed by atoms with Crippen LogP contribution in [0.3, 0.4) is 0 Å². The van der Waals surface area contributed by atoms with Gasteiger partial charge in [-0.15, -0.1) is 0 Å².